The number of rotatable bonds is 5. The van der Waals surface area contributed by atoms with E-state index in [2.05, 4.69) is 16.9 Å². The minimum Gasteiger partial charge on any atom is -0.476 e. The molecule has 0 N–H and O–H groups in total. The van der Waals surface area contributed by atoms with Crippen LogP contribution in [0, 0.1) is 11.3 Å². The molecular formula is C12H15N3O. The largest absolute Gasteiger partial charge is 0.476 e. The van der Waals surface area contributed by atoms with E-state index in [-0.39, 0.29) is 0 Å². The van der Waals surface area contributed by atoms with Crippen LogP contribution in [0.25, 0.3) is 0 Å². The van der Waals surface area contributed by atoms with Crippen LogP contribution in [0.5, 0.6) is 5.88 Å². The average Bonchev–Trinajstić information content (AvgIpc) is 3.13. The van der Waals surface area contributed by atoms with Crippen molar-refractivity contribution in [2.24, 2.45) is 0 Å². The fourth-order valence-electron chi connectivity index (χ4n) is 1.55. The molecule has 0 atom stereocenters. The summed E-state index contributed by atoms with van der Waals surface area (Å²) < 4.78 is 5.49. The molecule has 0 aliphatic heterocycles. The molecule has 4 heteroatoms. The van der Waals surface area contributed by atoms with E-state index in [0.29, 0.717) is 18.2 Å². The Balaban J connectivity index is 1.78. The summed E-state index contributed by atoms with van der Waals surface area (Å²) in [6, 6.07) is 7.97. The van der Waals surface area contributed by atoms with Gasteiger partial charge in [-0.3, -0.25) is 0 Å². The molecule has 1 saturated carbocycles. The summed E-state index contributed by atoms with van der Waals surface area (Å²) in [6.45, 7) is 1.53. The molecular weight excluding hydrogens is 202 g/mol. The molecule has 2 rings (SSSR count). The molecule has 0 unspecified atom stereocenters. The summed E-state index contributed by atoms with van der Waals surface area (Å²) in [4.78, 5) is 6.35. The number of likely N-dealkylation sites (N-methyl/N-ethyl adjacent to an activating group) is 1. The number of nitrogens with zero attached hydrogens (tertiary/aromatic N) is 3. The maximum Gasteiger partial charge on any atom is 0.214 e. The van der Waals surface area contributed by atoms with Crippen LogP contribution in [-0.4, -0.2) is 36.1 Å². The van der Waals surface area contributed by atoms with Gasteiger partial charge in [0.25, 0.3) is 0 Å². The van der Waals surface area contributed by atoms with Gasteiger partial charge >= 0.3 is 0 Å². The average molecular weight is 217 g/mol. The van der Waals surface area contributed by atoms with Crippen LogP contribution in [0.15, 0.2) is 18.2 Å². The molecule has 1 heterocycles. The molecule has 1 fully saturated rings. The van der Waals surface area contributed by atoms with Gasteiger partial charge in [-0.2, -0.15) is 5.26 Å². The van der Waals surface area contributed by atoms with Crippen molar-refractivity contribution < 1.29 is 4.74 Å². The second kappa shape index (κ2) is 4.95. The van der Waals surface area contributed by atoms with Gasteiger partial charge < -0.3 is 9.64 Å². The molecule has 16 heavy (non-hydrogen) atoms. The van der Waals surface area contributed by atoms with Crippen molar-refractivity contribution in [1.82, 2.24) is 9.88 Å². The van der Waals surface area contributed by atoms with Crippen molar-refractivity contribution >= 4 is 0 Å². The second-order valence-corrected chi connectivity index (χ2v) is 4.03. The normalized spacial score (nSPS) is 14.8. The molecule has 4 nitrogen and oxygen atoms in total. The van der Waals surface area contributed by atoms with E-state index in [0.717, 1.165) is 12.6 Å². The summed E-state index contributed by atoms with van der Waals surface area (Å²) in [6.07, 6.45) is 2.61. The summed E-state index contributed by atoms with van der Waals surface area (Å²) in [5.74, 6) is 0.531. The smallest absolute Gasteiger partial charge is 0.214 e. The Morgan fingerprint density at radius 3 is 3.06 bits per heavy atom. The van der Waals surface area contributed by atoms with Crippen molar-refractivity contribution in [2.75, 3.05) is 20.2 Å². The van der Waals surface area contributed by atoms with Gasteiger partial charge in [0.05, 0.1) is 0 Å². The van der Waals surface area contributed by atoms with Crippen LogP contribution in [0.4, 0.5) is 0 Å². The Kier molecular flexibility index (Phi) is 3.37. The number of hydrogen-bond acceptors (Lipinski definition) is 4. The Labute approximate surface area is 95.5 Å². The zero-order valence-electron chi connectivity index (χ0n) is 9.39. The first kappa shape index (κ1) is 10.9. The Hall–Kier alpha value is -1.60. The van der Waals surface area contributed by atoms with E-state index in [1.54, 1.807) is 18.2 Å². The number of pyridine rings is 1. The zero-order valence-corrected chi connectivity index (χ0v) is 9.39. The third kappa shape index (κ3) is 2.94. The topological polar surface area (TPSA) is 49.1 Å². The fraction of sp³-hybridized carbons (Fsp3) is 0.500. The van der Waals surface area contributed by atoms with Gasteiger partial charge in [-0.05, 0) is 26.0 Å². The van der Waals surface area contributed by atoms with Crippen LogP contribution >= 0.6 is 0 Å². The van der Waals surface area contributed by atoms with E-state index in [9.17, 15) is 0 Å². The number of ether oxygens (including phenoxy) is 1. The van der Waals surface area contributed by atoms with Crippen LogP contribution < -0.4 is 4.74 Å². The molecule has 84 valence electrons. The highest BCUT2D eigenvalue weighted by Gasteiger charge is 2.25. The van der Waals surface area contributed by atoms with Crippen LogP contribution in [-0.2, 0) is 0 Å². The standard InChI is InChI=1S/C12H15N3O/c1-15(11-5-6-11)7-8-16-12-4-2-3-10(9-13)14-12/h2-4,11H,5-8H2,1H3. The van der Waals surface area contributed by atoms with Crippen molar-refractivity contribution in [3.8, 4) is 11.9 Å². The maximum absolute atomic E-state index is 8.68. The van der Waals surface area contributed by atoms with E-state index in [1.807, 2.05) is 6.07 Å². The Bertz CT molecular complexity index is 395. The van der Waals surface area contributed by atoms with Gasteiger partial charge in [0.15, 0.2) is 0 Å². The van der Waals surface area contributed by atoms with E-state index in [4.69, 9.17) is 10.00 Å². The molecule has 1 aliphatic carbocycles. The lowest BCUT2D eigenvalue weighted by Crippen LogP contribution is -2.26. The Morgan fingerprint density at radius 2 is 2.38 bits per heavy atom. The SMILES string of the molecule is CN(CCOc1cccc(C#N)n1)C1CC1. The molecule has 0 saturated heterocycles. The second-order valence-electron chi connectivity index (χ2n) is 4.03. The molecule has 0 radical (unpaired) electrons. The lowest BCUT2D eigenvalue weighted by atomic mass is 10.4. The van der Waals surface area contributed by atoms with Crippen LogP contribution in [0.2, 0.25) is 0 Å². The molecule has 0 aromatic carbocycles. The number of aromatic nitrogens is 1. The monoisotopic (exact) mass is 217 g/mol. The zero-order chi connectivity index (χ0) is 11.4. The quantitative estimate of drug-likeness (QED) is 0.748. The third-order valence-electron chi connectivity index (χ3n) is 2.70. The van der Waals surface area contributed by atoms with E-state index in [1.165, 1.54) is 12.8 Å². The highest BCUT2D eigenvalue weighted by atomic mass is 16.5. The summed E-state index contributed by atoms with van der Waals surface area (Å²) in [5, 5.41) is 8.68. The summed E-state index contributed by atoms with van der Waals surface area (Å²) >= 11 is 0. The predicted octanol–water partition coefficient (Wildman–Crippen LogP) is 1.43. The minimum absolute atomic E-state index is 0.396. The van der Waals surface area contributed by atoms with Gasteiger partial charge in [-0.25, -0.2) is 4.98 Å². The van der Waals surface area contributed by atoms with Gasteiger partial charge in [0.1, 0.15) is 18.4 Å². The highest BCUT2D eigenvalue weighted by Crippen LogP contribution is 2.24. The Morgan fingerprint density at radius 1 is 1.56 bits per heavy atom. The molecule has 0 amide bonds. The molecule has 1 aromatic rings. The van der Waals surface area contributed by atoms with Gasteiger partial charge in [0.2, 0.25) is 5.88 Å². The summed E-state index contributed by atoms with van der Waals surface area (Å²) in [5.41, 5.74) is 0.396. The first-order valence-electron chi connectivity index (χ1n) is 5.50. The molecule has 1 aliphatic rings. The minimum atomic E-state index is 0.396. The van der Waals surface area contributed by atoms with Crippen molar-refractivity contribution in [2.45, 2.75) is 18.9 Å². The van der Waals surface area contributed by atoms with Crippen molar-refractivity contribution in [3.05, 3.63) is 23.9 Å². The van der Waals surface area contributed by atoms with Crippen molar-refractivity contribution in [1.29, 1.82) is 5.26 Å². The molecule has 0 bridgehead atoms. The van der Waals surface area contributed by atoms with Gasteiger partial charge in [-0.1, -0.05) is 6.07 Å². The molecule has 0 spiro atoms. The van der Waals surface area contributed by atoms with E-state index < -0.39 is 0 Å². The first-order valence-corrected chi connectivity index (χ1v) is 5.50. The van der Waals surface area contributed by atoms with Crippen LogP contribution in [0.3, 0.4) is 0 Å². The maximum atomic E-state index is 8.68. The first-order chi connectivity index (χ1) is 7.79. The highest BCUT2D eigenvalue weighted by molar-refractivity contribution is 5.24. The number of hydrogen-bond donors (Lipinski definition) is 0. The lowest BCUT2D eigenvalue weighted by Gasteiger charge is -2.15. The molecule has 1 aromatic heterocycles. The van der Waals surface area contributed by atoms with Crippen LogP contribution in [0.1, 0.15) is 18.5 Å². The van der Waals surface area contributed by atoms with Gasteiger partial charge in [0, 0.05) is 18.7 Å². The van der Waals surface area contributed by atoms with E-state index >= 15 is 0 Å². The number of nitriles is 1. The fourth-order valence-corrected chi connectivity index (χ4v) is 1.55. The summed E-state index contributed by atoms with van der Waals surface area (Å²) in [7, 11) is 2.11. The van der Waals surface area contributed by atoms with Crippen molar-refractivity contribution in [3.63, 3.8) is 0 Å². The third-order valence-corrected chi connectivity index (χ3v) is 2.70. The predicted molar refractivity (Wildman–Crippen MR) is 60.1 cm³/mol. The van der Waals surface area contributed by atoms with Gasteiger partial charge in [-0.15, -0.1) is 0 Å². The lowest BCUT2D eigenvalue weighted by molar-refractivity contribution is 0.226.